The summed E-state index contributed by atoms with van der Waals surface area (Å²) in [4.78, 5) is 22.9. The molecule has 24 heavy (non-hydrogen) atoms. The predicted molar refractivity (Wildman–Crippen MR) is 91.9 cm³/mol. The van der Waals surface area contributed by atoms with Gasteiger partial charge in [0.2, 0.25) is 5.91 Å². The average Bonchev–Trinajstić information content (AvgIpc) is 3.27. The van der Waals surface area contributed by atoms with Crippen LogP contribution >= 0.6 is 11.6 Å². The maximum atomic E-state index is 12.5. The fraction of sp³-hybridized carbons (Fsp3) is 0.235. The number of carbonyl (C=O) groups excluding carboxylic acids is 1. The Balaban J connectivity index is 1.67. The lowest BCUT2D eigenvalue weighted by Gasteiger charge is -2.19. The van der Waals surface area contributed by atoms with E-state index in [9.17, 15) is 4.79 Å². The van der Waals surface area contributed by atoms with Gasteiger partial charge in [0.15, 0.2) is 5.82 Å². The van der Waals surface area contributed by atoms with Crippen LogP contribution in [0.4, 0.5) is 5.69 Å². The molecule has 122 valence electrons. The van der Waals surface area contributed by atoms with Crippen LogP contribution in [0.25, 0.3) is 11.5 Å². The molecule has 1 saturated heterocycles. The van der Waals surface area contributed by atoms with Gasteiger partial charge in [-0.05, 0) is 12.1 Å². The molecule has 2 aromatic heterocycles. The summed E-state index contributed by atoms with van der Waals surface area (Å²) in [5.74, 6) is 0.881. The van der Waals surface area contributed by atoms with Crippen LogP contribution in [0.15, 0.2) is 49.2 Å². The Kier molecular flexibility index (Phi) is 3.61. The molecule has 1 aliphatic rings. The molecule has 6 nitrogen and oxygen atoms in total. The van der Waals surface area contributed by atoms with E-state index >= 15 is 0 Å². The number of hydrogen-bond donors (Lipinski definition) is 0. The third-order valence-electron chi connectivity index (χ3n) is 4.36. The van der Waals surface area contributed by atoms with E-state index in [0.717, 1.165) is 17.2 Å². The minimum Gasteiger partial charge on any atom is -0.331 e. The smallest absolute Gasteiger partial charge is 0.229 e. The van der Waals surface area contributed by atoms with Gasteiger partial charge < -0.3 is 14.0 Å². The first-order valence-corrected chi connectivity index (χ1v) is 8.07. The topological polar surface area (TPSA) is 56.0 Å². The Morgan fingerprint density at radius 2 is 2.12 bits per heavy atom. The summed E-state index contributed by atoms with van der Waals surface area (Å²) in [6.07, 6.45) is 7.61. The summed E-state index contributed by atoms with van der Waals surface area (Å²) in [6, 6.07) is 7.44. The molecule has 0 N–H and O–H groups in total. The SMILES string of the molecule is Cn1cncc1-c1nccn1C1CC(=O)N(c2ccccc2Cl)C1. The molecule has 1 amide bonds. The second-order valence-electron chi connectivity index (χ2n) is 5.86. The Hall–Kier alpha value is -2.60. The number of carbonyl (C=O) groups is 1. The minimum atomic E-state index is 0.0150. The number of rotatable bonds is 3. The summed E-state index contributed by atoms with van der Waals surface area (Å²) >= 11 is 6.25. The van der Waals surface area contributed by atoms with Crippen molar-refractivity contribution in [3.8, 4) is 11.5 Å². The Morgan fingerprint density at radius 1 is 1.29 bits per heavy atom. The molecule has 4 rings (SSSR count). The standard InChI is InChI=1S/C17H16ClN5O/c1-21-11-19-9-15(21)17-20-6-7-22(17)12-8-16(24)23(10-12)14-5-3-2-4-13(14)18/h2-7,9,11-12H,8,10H2,1H3. The van der Waals surface area contributed by atoms with Crippen molar-refractivity contribution >= 4 is 23.2 Å². The number of para-hydroxylation sites is 1. The van der Waals surface area contributed by atoms with E-state index in [1.54, 1.807) is 29.7 Å². The van der Waals surface area contributed by atoms with Crippen molar-refractivity contribution in [3.63, 3.8) is 0 Å². The highest BCUT2D eigenvalue weighted by atomic mass is 35.5. The Bertz CT molecular complexity index is 900. The van der Waals surface area contributed by atoms with Gasteiger partial charge >= 0.3 is 0 Å². The largest absolute Gasteiger partial charge is 0.331 e. The zero-order valence-electron chi connectivity index (χ0n) is 13.1. The second-order valence-corrected chi connectivity index (χ2v) is 6.27. The number of amides is 1. The van der Waals surface area contributed by atoms with Crippen molar-refractivity contribution in [2.24, 2.45) is 7.05 Å². The van der Waals surface area contributed by atoms with E-state index in [4.69, 9.17) is 11.6 Å². The maximum absolute atomic E-state index is 12.5. The highest BCUT2D eigenvalue weighted by Crippen LogP contribution is 2.34. The van der Waals surface area contributed by atoms with Crippen molar-refractivity contribution in [2.75, 3.05) is 11.4 Å². The molecule has 1 fully saturated rings. The van der Waals surface area contributed by atoms with E-state index < -0.39 is 0 Å². The van der Waals surface area contributed by atoms with E-state index in [1.165, 1.54) is 0 Å². The number of hydrogen-bond acceptors (Lipinski definition) is 3. The second kappa shape index (κ2) is 5.79. The molecule has 1 aliphatic heterocycles. The number of halogens is 1. The van der Waals surface area contributed by atoms with Gasteiger partial charge in [-0.2, -0.15) is 0 Å². The zero-order chi connectivity index (χ0) is 16.7. The van der Waals surface area contributed by atoms with E-state index in [2.05, 4.69) is 9.97 Å². The maximum Gasteiger partial charge on any atom is 0.229 e. The van der Waals surface area contributed by atoms with Crippen LogP contribution in [0.5, 0.6) is 0 Å². The van der Waals surface area contributed by atoms with Gasteiger partial charge in [0.1, 0.15) is 5.69 Å². The summed E-state index contributed by atoms with van der Waals surface area (Å²) in [6.45, 7) is 0.573. The van der Waals surface area contributed by atoms with Crippen molar-refractivity contribution in [3.05, 3.63) is 54.2 Å². The average molecular weight is 342 g/mol. The van der Waals surface area contributed by atoms with Gasteiger partial charge in [0, 0.05) is 32.4 Å². The molecule has 1 atom stereocenters. The summed E-state index contributed by atoms with van der Waals surface area (Å²) in [7, 11) is 1.93. The monoisotopic (exact) mass is 341 g/mol. The molecule has 3 aromatic rings. The van der Waals surface area contributed by atoms with Crippen LogP contribution in [-0.4, -0.2) is 31.6 Å². The molecule has 0 bridgehead atoms. The fourth-order valence-electron chi connectivity index (χ4n) is 3.16. The number of anilines is 1. The van der Waals surface area contributed by atoms with E-state index in [-0.39, 0.29) is 11.9 Å². The van der Waals surface area contributed by atoms with E-state index in [1.807, 2.05) is 40.6 Å². The first kappa shape index (κ1) is 15.0. The molecule has 0 saturated carbocycles. The zero-order valence-corrected chi connectivity index (χ0v) is 13.9. The third-order valence-corrected chi connectivity index (χ3v) is 4.68. The molecule has 7 heteroatoms. The molecular weight excluding hydrogens is 326 g/mol. The van der Waals surface area contributed by atoms with Gasteiger partial charge in [0.05, 0.1) is 29.3 Å². The molecule has 0 aliphatic carbocycles. The quantitative estimate of drug-likeness (QED) is 0.736. The highest BCUT2D eigenvalue weighted by Gasteiger charge is 2.33. The van der Waals surface area contributed by atoms with Gasteiger partial charge in [-0.1, -0.05) is 23.7 Å². The number of aryl methyl sites for hydroxylation is 1. The fourth-order valence-corrected chi connectivity index (χ4v) is 3.40. The van der Waals surface area contributed by atoms with Gasteiger partial charge in [0.25, 0.3) is 0 Å². The number of nitrogens with zero attached hydrogens (tertiary/aromatic N) is 5. The lowest BCUT2D eigenvalue weighted by atomic mass is 10.2. The van der Waals surface area contributed by atoms with Crippen LogP contribution in [0.3, 0.4) is 0 Å². The van der Waals surface area contributed by atoms with Crippen molar-refractivity contribution in [1.29, 1.82) is 0 Å². The lowest BCUT2D eigenvalue weighted by Crippen LogP contribution is -2.25. The van der Waals surface area contributed by atoms with Gasteiger partial charge in [-0.15, -0.1) is 0 Å². The van der Waals surface area contributed by atoms with Crippen LogP contribution in [-0.2, 0) is 11.8 Å². The first-order chi connectivity index (χ1) is 11.6. The molecule has 0 radical (unpaired) electrons. The number of aromatic nitrogens is 4. The summed E-state index contributed by atoms with van der Waals surface area (Å²) in [5.41, 5.74) is 1.68. The van der Waals surface area contributed by atoms with Gasteiger partial charge in [-0.3, -0.25) is 4.79 Å². The van der Waals surface area contributed by atoms with Crippen LogP contribution < -0.4 is 4.90 Å². The normalized spacial score (nSPS) is 17.7. The Labute approximate surface area is 144 Å². The summed E-state index contributed by atoms with van der Waals surface area (Å²) in [5, 5.41) is 0.587. The van der Waals surface area contributed by atoms with Crippen molar-refractivity contribution < 1.29 is 4.79 Å². The van der Waals surface area contributed by atoms with Gasteiger partial charge in [-0.25, -0.2) is 9.97 Å². The van der Waals surface area contributed by atoms with E-state index in [0.29, 0.717) is 18.0 Å². The Morgan fingerprint density at radius 3 is 2.88 bits per heavy atom. The molecule has 1 aromatic carbocycles. The lowest BCUT2D eigenvalue weighted by molar-refractivity contribution is -0.117. The van der Waals surface area contributed by atoms with Crippen molar-refractivity contribution in [1.82, 2.24) is 19.1 Å². The highest BCUT2D eigenvalue weighted by molar-refractivity contribution is 6.33. The number of benzene rings is 1. The van der Waals surface area contributed by atoms with Crippen molar-refractivity contribution in [2.45, 2.75) is 12.5 Å². The predicted octanol–water partition coefficient (Wildman–Crippen LogP) is 2.92. The third kappa shape index (κ3) is 2.39. The molecule has 1 unspecified atom stereocenters. The molecule has 0 spiro atoms. The number of imidazole rings is 2. The minimum absolute atomic E-state index is 0.0150. The first-order valence-electron chi connectivity index (χ1n) is 7.69. The van der Waals surface area contributed by atoms with Crippen LogP contribution in [0.2, 0.25) is 5.02 Å². The molecular formula is C17H16ClN5O. The van der Waals surface area contributed by atoms with Crippen LogP contribution in [0, 0.1) is 0 Å². The van der Waals surface area contributed by atoms with Crippen LogP contribution in [0.1, 0.15) is 12.5 Å². The summed E-state index contributed by atoms with van der Waals surface area (Å²) < 4.78 is 3.97. The molecule has 3 heterocycles.